The predicted molar refractivity (Wildman–Crippen MR) is 106 cm³/mol. The fourth-order valence-electron chi connectivity index (χ4n) is 3.63. The second-order valence-electron chi connectivity index (χ2n) is 6.84. The molecule has 2 aromatic carbocycles. The average molecular weight is 398 g/mol. The molecule has 0 saturated carbocycles. The molecule has 0 unspecified atom stereocenters. The van der Waals surface area contributed by atoms with E-state index < -0.39 is 10.8 Å². The zero-order valence-electron chi connectivity index (χ0n) is 15.6. The van der Waals surface area contributed by atoms with Gasteiger partial charge < -0.3 is 15.0 Å². The fraction of sp³-hybridized carbons (Fsp3) is 0.333. The van der Waals surface area contributed by atoms with Crippen molar-refractivity contribution in [3.05, 3.63) is 53.6 Å². The van der Waals surface area contributed by atoms with Crippen molar-refractivity contribution in [2.75, 3.05) is 24.6 Å². The van der Waals surface area contributed by atoms with Gasteiger partial charge in [-0.05, 0) is 50.1 Å². The van der Waals surface area contributed by atoms with E-state index >= 15 is 0 Å². The molecule has 2 aliphatic heterocycles. The molecule has 0 aliphatic carbocycles. The lowest BCUT2D eigenvalue weighted by Gasteiger charge is -2.21. The van der Waals surface area contributed by atoms with Crippen LogP contribution in [0.3, 0.4) is 0 Å². The average Bonchev–Trinajstić information content (AvgIpc) is 3.23. The summed E-state index contributed by atoms with van der Waals surface area (Å²) < 4.78 is 18.7. The molecule has 1 fully saturated rings. The van der Waals surface area contributed by atoms with Crippen molar-refractivity contribution >= 4 is 28.3 Å². The van der Waals surface area contributed by atoms with Crippen molar-refractivity contribution in [1.82, 2.24) is 5.32 Å². The summed E-state index contributed by atoms with van der Waals surface area (Å²) in [6.45, 7) is 3.48. The van der Waals surface area contributed by atoms with Gasteiger partial charge in [0.2, 0.25) is 0 Å². The van der Waals surface area contributed by atoms with E-state index in [1.165, 1.54) is 0 Å². The van der Waals surface area contributed by atoms with Crippen LogP contribution < -0.4 is 10.2 Å². The second-order valence-corrected chi connectivity index (χ2v) is 8.26. The molecule has 28 heavy (non-hydrogen) atoms. The summed E-state index contributed by atoms with van der Waals surface area (Å²) >= 11 is 0. The monoisotopic (exact) mass is 398 g/mol. The lowest BCUT2D eigenvalue weighted by atomic mass is 10.1. The first-order valence-electron chi connectivity index (χ1n) is 9.46. The molecule has 2 atom stereocenters. The van der Waals surface area contributed by atoms with E-state index in [2.05, 4.69) is 5.32 Å². The molecule has 0 bridgehead atoms. The van der Waals surface area contributed by atoms with Crippen LogP contribution in [-0.4, -0.2) is 41.8 Å². The molecular formula is C21H22N2O4S. The van der Waals surface area contributed by atoms with E-state index in [0.717, 1.165) is 19.4 Å². The van der Waals surface area contributed by atoms with Gasteiger partial charge >= 0.3 is 0 Å². The number of rotatable bonds is 4. The highest BCUT2D eigenvalue weighted by Gasteiger charge is 2.30. The number of carbonyl (C=O) groups excluding carboxylic acids is 2. The van der Waals surface area contributed by atoms with Gasteiger partial charge in [0.1, 0.15) is 0 Å². The molecule has 2 heterocycles. The summed E-state index contributed by atoms with van der Waals surface area (Å²) in [4.78, 5) is 28.3. The van der Waals surface area contributed by atoms with Crippen LogP contribution in [0.5, 0.6) is 0 Å². The zero-order valence-corrected chi connectivity index (χ0v) is 16.5. The molecular weight excluding hydrogens is 376 g/mol. The van der Waals surface area contributed by atoms with Crippen LogP contribution in [0.15, 0.2) is 52.3 Å². The summed E-state index contributed by atoms with van der Waals surface area (Å²) in [5.74, 6) is -0.434. The van der Waals surface area contributed by atoms with Gasteiger partial charge in [-0.15, -0.1) is 0 Å². The minimum atomic E-state index is -1.49. The highest BCUT2D eigenvalue weighted by Crippen LogP contribution is 2.35. The summed E-state index contributed by atoms with van der Waals surface area (Å²) in [5, 5.41) is 2.89. The summed E-state index contributed by atoms with van der Waals surface area (Å²) in [5.41, 5.74) is 1.39. The number of amides is 2. The van der Waals surface area contributed by atoms with Crippen molar-refractivity contribution in [1.29, 1.82) is 0 Å². The number of nitrogens with one attached hydrogen (secondary N) is 1. The zero-order chi connectivity index (χ0) is 19.7. The van der Waals surface area contributed by atoms with Gasteiger partial charge in [0.25, 0.3) is 11.8 Å². The summed E-state index contributed by atoms with van der Waals surface area (Å²) in [6, 6.07) is 12.0. The van der Waals surface area contributed by atoms with E-state index in [-0.39, 0.29) is 17.9 Å². The number of nitrogens with zero attached hydrogens (tertiary/aromatic N) is 1. The highest BCUT2D eigenvalue weighted by molar-refractivity contribution is 7.85. The largest absolute Gasteiger partial charge is 0.376 e. The molecule has 0 spiro atoms. The molecule has 2 amide bonds. The van der Waals surface area contributed by atoms with Crippen LogP contribution in [0.2, 0.25) is 0 Å². The van der Waals surface area contributed by atoms with Crippen LogP contribution in [0.4, 0.5) is 5.69 Å². The van der Waals surface area contributed by atoms with Crippen molar-refractivity contribution < 1.29 is 18.5 Å². The van der Waals surface area contributed by atoms with Gasteiger partial charge in [0.05, 0.1) is 37.9 Å². The van der Waals surface area contributed by atoms with Gasteiger partial charge in [-0.1, -0.05) is 12.1 Å². The first kappa shape index (κ1) is 18.8. The number of fused-ring (bicyclic) bond motifs is 2. The Labute approximate surface area is 166 Å². The van der Waals surface area contributed by atoms with Crippen molar-refractivity contribution in [3.8, 4) is 0 Å². The van der Waals surface area contributed by atoms with Crippen molar-refractivity contribution in [3.63, 3.8) is 0 Å². The van der Waals surface area contributed by atoms with Gasteiger partial charge in [-0.3, -0.25) is 9.59 Å². The van der Waals surface area contributed by atoms with Crippen molar-refractivity contribution in [2.24, 2.45) is 0 Å². The molecule has 0 radical (unpaired) electrons. The number of hydrogen-bond donors (Lipinski definition) is 1. The highest BCUT2D eigenvalue weighted by atomic mass is 32.2. The van der Waals surface area contributed by atoms with Crippen LogP contribution >= 0.6 is 0 Å². The maximum Gasteiger partial charge on any atom is 0.259 e. The molecule has 6 nitrogen and oxygen atoms in total. The Bertz CT molecular complexity index is 953. The Balaban J connectivity index is 1.67. The molecule has 1 saturated heterocycles. The number of carbonyl (C=O) groups is 2. The quantitative estimate of drug-likeness (QED) is 0.859. The summed E-state index contributed by atoms with van der Waals surface area (Å²) in [6.07, 6.45) is 2.01. The summed E-state index contributed by atoms with van der Waals surface area (Å²) in [7, 11) is -1.49. The molecule has 146 valence electrons. The topological polar surface area (TPSA) is 75.7 Å². The van der Waals surface area contributed by atoms with Gasteiger partial charge in [0.15, 0.2) is 0 Å². The Morgan fingerprint density at radius 2 is 2.07 bits per heavy atom. The molecule has 1 N–H and O–H groups in total. The van der Waals surface area contributed by atoms with E-state index in [4.69, 9.17) is 4.74 Å². The van der Waals surface area contributed by atoms with Gasteiger partial charge in [-0.2, -0.15) is 0 Å². The third-order valence-corrected chi connectivity index (χ3v) is 6.60. The van der Waals surface area contributed by atoms with Crippen molar-refractivity contribution in [2.45, 2.75) is 35.7 Å². The maximum atomic E-state index is 13.1. The van der Waals surface area contributed by atoms with Crippen LogP contribution in [-0.2, 0) is 15.5 Å². The SMILES string of the molecule is CCN1C(=O)c2ccccc2[S@](=O)c2ccc(C(=O)NC[C@H]3CCCO3)cc21. The normalized spacial score (nSPS) is 21.0. The van der Waals surface area contributed by atoms with Crippen LogP contribution in [0, 0.1) is 0 Å². The molecule has 7 heteroatoms. The third kappa shape index (κ3) is 3.36. The van der Waals surface area contributed by atoms with Gasteiger partial charge in [-0.25, -0.2) is 4.21 Å². The predicted octanol–water partition coefficient (Wildman–Crippen LogP) is 2.74. The molecule has 2 aromatic rings. The van der Waals surface area contributed by atoms with E-state index in [0.29, 0.717) is 39.7 Å². The first-order valence-corrected chi connectivity index (χ1v) is 10.6. The Morgan fingerprint density at radius 3 is 2.82 bits per heavy atom. The van der Waals surface area contributed by atoms with Crippen LogP contribution in [0.25, 0.3) is 0 Å². The number of hydrogen-bond acceptors (Lipinski definition) is 4. The Hall–Kier alpha value is -2.51. The minimum absolute atomic E-state index is 0.0560. The minimum Gasteiger partial charge on any atom is -0.376 e. The molecule has 0 aromatic heterocycles. The molecule has 2 aliphatic rings. The third-order valence-electron chi connectivity index (χ3n) is 5.10. The van der Waals surface area contributed by atoms with Crippen LogP contribution in [0.1, 0.15) is 40.5 Å². The van der Waals surface area contributed by atoms with Gasteiger partial charge in [0, 0.05) is 25.3 Å². The second kappa shape index (κ2) is 7.85. The number of benzene rings is 2. The van der Waals surface area contributed by atoms with E-state index in [9.17, 15) is 13.8 Å². The fourth-order valence-corrected chi connectivity index (χ4v) is 4.98. The molecule has 4 rings (SSSR count). The standard InChI is InChI=1S/C21H22N2O4S/c1-2-23-17-12-14(20(24)22-13-15-6-5-11-27-15)9-10-19(17)28(26)18-8-4-3-7-16(18)21(23)25/h3-4,7-10,12,15H,2,5-6,11,13H2,1H3,(H,22,24)/t15-,28+/m1/s1. The maximum absolute atomic E-state index is 13.1. The van der Waals surface area contributed by atoms with E-state index in [1.54, 1.807) is 47.4 Å². The number of ether oxygens (including phenoxy) is 1. The first-order chi connectivity index (χ1) is 13.6. The lowest BCUT2D eigenvalue weighted by molar-refractivity contribution is 0.0857. The lowest BCUT2D eigenvalue weighted by Crippen LogP contribution is -2.33. The Kier molecular flexibility index (Phi) is 5.28. The smallest absolute Gasteiger partial charge is 0.259 e. The number of anilines is 1. The van der Waals surface area contributed by atoms with E-state index in [1.807, 2.05) is 6.92 Å². The Morgan fingerprint density at radius 1 is 1.25 bits per heavy atom.